The quantitative estimate of drug-likeness (QED) is 0.332. The Morgan fingerprint density at radius 1 is 1.12 bits per heavy atom. The Labute approximate surface area is 233 Å². The minimum Gasteiger partial charge on any atom is -0.493 e. The molecule has 0 unspecified atom stereocenters. The number of hydrogen-bond acceptors (Lipinski definition) is 7. The Morgan fingerprint density at radius 3 is 2.52 bits per heavy atom. The molecule has 1 aliphatic heterocycles. The zero-order valence-corrected chi connectivity index (χ0v) is 24.0. The van der Waals surface area contributed by atoms with Crippen molar-refractivity contribution in [2.45, 2.75) is 57.0 Å². The molecular weight excluding hydrogens is 530 g/mol. The zero-order chi connectivity index (χ0) is 28.7. The maximum Gasteiger partial charge on any atom is 0.410 e. The van der Waals surface area contributed by atoms with Crippen LogP contribution in [0.4, 0.5) is 4.79 Å². The molecule has 1 fully saturated rings. The normalized spacial score (nSPS) is 15.1. The van der Waals surface area contributed by atoms with Crippen molar-refractivity contribution in [2.75, 3.05) is 19.3 Å². The van der Waals surface area contributed by atoms with Crippen molar-refractivity contribution in [2.24, 2.45) is 5.92 Å². The van der Waals surface area contributed by atoms with Gasteiger partial charge in [-0.25, -0.2) is 18.2 Å². The smallest absolute Gasteiger partial charge is 0.410 e. The lowest BCUT2D eigenvalue weighted by molar-refractivity contribution is 0.0181. The molecule has 40 heavy (non-hydrogen) atoms. The number of aromatic nitrogens is 4. The Morgan fingerprint density at radius 2 is 1.85 bits per heavy atom. The second-order valence-electron chi connectivity index (χ2n) is 11.4. The molecule has 0 radical (unpaired) electrons. The van der Waals surface area contributed by atoms with Gasteiger partial charge in [-0.1, -0.05) is 24.3 Å². The molecule has 3 heterocycles. The van der Waals surface area contributed by atoms with E-state index in [1.807, 2.05) is 45.0 Å². The number of benzene rings is 2. The van der Waals surface area contributed by atoms with Crippen molar-refractivity contribution in [1.82, 2.24) is 24.6 Å². The topological polar surface area (TPSA) is 130 Å². The third-order valence-electron chi connectivity index (χ3n) is 7.14. The lowest BCUT2D eigenvalue weighted by Gasteiger charge is -2.33. The van der Waals surface area contributed by atoms with E-state index in [1.165, 1.54) is 10.9 Å². The molecular formula is C29H35N5O5S. The number of H-pyrrole nitrogens is 1. The van der Waals surface area contributed by atoms with E-state index < -0.39 is 15.4 Å². The van der Waals surface area contributed by atoms with Crippen LogP contribution in [0.2, 0.25) is 0 Å². The summed E-state index contributed by atoms with van der Waals surface area (Å²) in [4.78, 5) is 22.2. The predicted molar refractivity (Wildman–Crippen MR) is 152 cm³/mol. The molecule has 1 aliphatic rings. The Hall–Kier alpha value is -3.86. The molecule has 0 spiro atoms. The van der Waals surface area contributed by atoms with Gasteiger partial charge in [0.25, 0.3) is 0 Å². The fourth-order valence-electron chi connectivity index (χ4n) is 5.04. The second-order valence-corrected chi connectivity index (χ2v) is 13.4. The zero-order valence-electron chi connectivity index (χ0n) is 23.2. The highest BCUT2D eigenvalue weighted by Crippen LogP contribution is 2.35. The minimum absolute atomic E-state index is 0.0370. The van der Waals surface area contributed by atoms with Gasteiger partial charge in [0.1, 0.15) is 11.3 Å². The summed E-state index contributed by atoms with van der Waals surface area (Å²) in [5.41, 5.74) is 2.76. The van der Waals surface area contributed by atoms with Crippen LogP contribution in [0.5, 0.6) is 5.88 Å². The van der Waals surface area contributed by atoms with Gasteiger partial charge in [0.2, 0.25) is 11.8 Å². The van der Waals surface area contributed by atoms with Gasteiger partial charge in [-0.2, -0.15) is 9.78 Å². The summed E-state index contributed by atoms with van der Waals surface area (Å²) in [6.07, 6.45) is 3.85. The number of ether oxygens (including phenoxy) is 1. The molecule has 0 aliphatic carbocycles. The van der Waals surface area contributed by atoms with E-state index >= 15 is 0 Å². The van der Waals surface area contributed by atoms with E-state index in [0.717, 1.165) is 30.3 Å². The number of rotatable bonds is 6. The first-order valence-corrected chi connectivity index (χ1v) is 15.3. The van der Waals surface area contributed by atoms with Crippen LogP contribution in [-0.2, 0) is 21.0 Å². The fourth-order valence-corrected chi connectivity index (χ4v) is 5.71. The molecule has 1 amide bonds. The minimum atomic E-state index is -3.43. The highest BCUT2D eigenvalue weighted by Gasteiger charge is 2.28. The highest BCUT2D eigenvalue weighted by molar-refractivity contribution is 7.90. The molecule has 10 nitrogen and oxygen atoms in total. The summed E-state index contributed by atoms with van der Waals surface area (Å²) >= 11 is 0. The number of piperidine rings is 1. The number of nitrogens with one attached hydrogen (secondary N) is 1. The standard InChI is InChI=1S/C29H35N5O5S/c1-29(2,3)39-28(36)33-16-14-19(15-17-33)12-13-22-25(20-8-7-9-21(18-20)40(4,37)38)32-34(26(22)35)27-30-23-10-5-6-11-24(23)31-27/h5-11,18-19,35H,12-17H2,1-4H3,(H,30,31). The van der Waals surface area contributed by atoms with Crippen LogP contribution in [0.15, 0.2) is 53.4 Å². The lowest BCUT2D eigenvalue weighted by atomic mass is 9.90. The van der Waals surface area contributed by atoms with E-state index in [1.54, 1.807) is 29.2 Å². The Bertz CT molecular complexity index is 1610. The van der Waals surface area contributed by atoms with Gasteiger partial charge < -0.3 is 19.7 Å². The summed E-state index contributed by atoms with van der Waals surface area (Å²) in [6.45, 7) is 6.82. The molecule has 0 saturated carbocycles. The molecule has 1 saturated heterocycles. The van der Waals surface area contributed by atoms with E-state index in [0.29, 0.717) is 48.2 Å². The SMILES string of the molecule is CC(C)(C)OC(=O)N1CCC(CCc2c(-c3cccc(S(C)(=O)=O)c3)nn(-c3nc4ccccc4[nH]3)c2O)CC1. The van der Waals surface area contributed by atoms with Crippen molar-refractivity contribution < 1.29 is 23.1 Å². The number of carbonyl (C=O) groups is 1. The molecule has 2 aromatic carbocycles. The predicted octanol–water partition coefficient (Wildman–Crippen LogP) is 5.10. The number of sulfone groups is 1. The molecule has 0 bridgehead atoms. The Balaban J connectivity index is 1.41. The van der Waals surface area contributed by atoms with E-state index in [9.17, 15) is 18.3 Å². The molecule has 2 N–H and O–H groups in total. The van der Waals surface area contributed by atoms with Crippen molar-refractivity contribution >= 4 is 27.0 Å². The lowest BCUT2D eigenvalue weighted by Crippen LogP contribution is -2.41. The molecule has 5 rings (SSSR count). The number of aromatic amines is 1. The number of hydrogen-bond donors (Lipinski definition) is 2. The molecule has 11 heteroatoms. The molecule has 212 valence electrons. The van der Waals surface area contributed by atoms with Crippen LogP contribution in [0.1, 0.15) is 45.6 Å². The van der Waals surface area contributed by atoms with Crippen LogP contribution < -0.4 is 0 Å². The number of nitrogens with zero attached hydrogens (tertiary/aromatic N) is 4. The first-order valence-electron chi connectivity index (χ1n) is 13.4. The first kappa shape index (κ1) is 27.7. The first-order chi connectivity index (χ1) is 18.9. The second kappa shape index (κ2) is 10.6. The average molecular weight is 566 g/mol. The van der Waals surface area contributed by atoms with Gasteiger partial charge in [-0.15, -0.1) is 0 Å². The average Bonchev–Trinajstić information content (AvgIpc) is 3.47. The largest absolute Gasteiger partial charge is 0.493 e. The van der Waals surface area contributed by atoms with Gasteiger partial charge in [-0.3, -0.25) is 0 Å². The summed E-state index contributed by atoms with van der Waals surface area (Å²) in [6, 6.07) is 14.2. The molecule has 2 aromatic heterocycles. The molecule has 0 atom stereocenters. The van der Waals surface area contributed by atoms with Crippen LogP contribution in [0.25, 0.3) is 28.2 Å². The third kappa shape index (κ3) is 5.99. The number of fused-ring (bicyclic) bond motifs is 1. The van der Waals surface area contributed by atoms with E-state index in [4.69, 9.17) is 9.84 Å². The highest BCUT2D eigenvalue weighted by atomic mass is 32.2. The van der Waals surface area contributed by atoms with Crippen molar-refractivity contribution in [3.63, 3.8) is 0 Å². The monoisotopic (exact) mass is 565 g/mol. The van der Waals surface area contributed by atoms with Crippen molar-refractivity contribution in [3.8, 4) is 23.1 Å². The number of imidazole rings is 1. The maximum absolute atomic E-state index is 12.5. The summed E-state index contributed by atoms with van der Waals surface area (Å²) in [5.74, 6) is 0.684. The Kier molecular flexibility index (Phi) is 7.34. The third-order valence-corrected chi connectivity index (χ3v) is 8.25. The van der Waals surface area contributed by atoms with Crippen LogP contribution in [-0.4, -0.2) is 69.2 Å². The van der Waals surface area contributed by atoms with Crippen LogP contribution >= 0.6 is 0 Å². The van der Waals surface area contributed by atoms with Gasteiger partial charge in [-0.05, 0) is 76.6 Å². The summed E-state index contributed by atoms with van der Waals surface area (Å²) in [7, 11) is -3.43. The van der Waals surface area contributed by atoms with Crippen molar-refractivity contribution in [3.05, 3.63) is 54.1 Å². The van der Waals surface area contributed by atoms with Crippen LogP contribution in [0.3, 0.4) is 0 Å². The van der Waals surface area contributed by atoms with E-state index in [-0.39, 0.29) is 16.9 Å². The van der Waals surface area contributed by atoms with Crippen molar-refractivity contribution in [1.29, 1.82) is 0 Å². The van der Waals surface area contributed by atoms with Gasteiger partial charge >= 0.3 is 6.09 Å². The van der Waals surface area contributed by atoms with Gasteiger partial charge in [0.15, 0.2) is 9.84 Å². The van der Waals surface area contributed by atoms with Gasteiger partial charge in [0, 0.05) is 30.5 Å². The van der Waals surface area contributed by atoms with Gasteiger partial charge in [0.05, 0.1) is 15.9 Å². The number of carbonyl (C=O) groups excluding carboxylic acids is 1. The van der Waals surface area contributed by atoms with Crippen LogP contribution in [0, 0.1) is 5.92 Å². The van der Waals surface area contributed by atoms with E-state index in [2.05, 4.69) is 9.97 Å². The maximum atomic E-state index is 12.5. The number of aromatic hydroxyl groups is 1. The summed E-state index contributed by atoms with van der Waals surface area (Å²) < 4.78 is 31.4. The molecule has 4 aromatic rings. The number of amides is 1. The number of likely N-dealkylation sites (tertiary alicyclic amines) is 1. The summed E-state index contributed by atoms with van der Waals surface area (Å²) in [5, 5.41) is 16.1. The number of para-hydroxylation sites is 2. The fraction of sp³-hybridized carbons (Fsp3) is 0.414.